The third-order valence-corrected chi connectivity index (χ3v) is 14.0. The van der Waals surface area contributed by atoms with Gasteiger partial charge in [-0.25, -0.2) is 4.79 Å². The van der Waals surface area contributed by atoms with Crippen molar-refractivity contribution < 1.29 is 19.4 Å². The Labute approximate surface area is 224 Å². The molecule has 5 heteroatoms. The average Bonchev–Trinajstić information content (AvgIpc) is 3.39. The molecule has 2 aliphatic heterocycles. The first-order valence-electron chi connectivity index (χ1n) is 15.8. The van der Waals surface area contributed by atoms with Crippen LogP contribution in [0.15, 0.2) is 0 Å². The zero-order chi connectivity index (χ0) is 26.0. The Morgan fingerprint density at radius 1 is 0.946 bits per heavy atom. The van der Waals surface area contributed by atoms with Gasteiger partial charge in [-0.2, -0.15) is 0 Å². The van der Waals surface area contributed by atoms with Gasteiger partial charge in [0.2, 0.25) is 0 Å². The van der Waals surface area contributed by atoms with E-state index in [9.17, 15) is 9.90 Å². The molecule has 0 bridgehead atoms. The van der Waals surface area contributed by atoms with Gasteiger partial charge in [-0.05, 0) is 122 Å². The van der Waals surface area contributed by atoms with Crippen molar-refractivity contribution in [2.75, 3.05) is 13.1 Å². The number of hydrogen-bond donors (Lipinski definition) is 1. The van der Waals surface area contributed by atoms with E-state index in [0.717, 1.165) is 44.2 Å². The molecule has 2 saturated heterocycles. The summed E-state index contributed by atoms with van der Waals surface area (Å²) in [6.07, 6.45) is 13.6. The van der Waals surface area contributed by atoms with Crippen molar-refractivity contribution >= 4 is 6.09 Å². The predicted octanol–water partition coefficient (Wildman–Crippen LogP) is 6.42. The van der Waals surface area contributed by atoms with Gasteiger partial charge in [-0.15, -0.1) is 0 Å². The van der Waals surface area contributed by atoms with Crippen molar-refractivity contribution in [3.63, 3.8) is 0 Å². The second-order valence-electron chi connectivity index (χ2n) is 15.8. The number of ether oxygens (including phenoxy) is 2. The molecule has 2 heterocycles. The molecule has 11 atom stereocenters. The maximum Gasteiger partial charge on any atom is 0.410 e. The molecule has 0 aromatic rings. The highest BCUT2D eigenvalue weighted by Crippen LogP contribution is 2.87. The maximum atomic E-state index is 12.7. The van der Waals surface area contributed by atoms with Crippen molar-refractivity contribution in [1.82, 2.24) is 4.90 Å². The second kappa shape index (κ2) is 8.12. The fourth-order valence-electron chi connectivity index (χ4n) is 11.8. The molecule has 0 aromatic carbocycles. The Bertz CT molecular complexity index is 945. The number of amides is 1. The van der Waals surface area contributed by atoms with Gasteiger partial charge in [0.1, 0.15) is 6.10 Å². The molecular weight excluding hydrogens is 462 g/mol. The van der Waals surface area contributed by atoms with Crippen molar-refractivity contribution in [1.29, 1.82) is 0 Å². The number of aliphatic hydroxyl groups excluding tert-OH is 1. The lowest BCUT2D eigenvalue weighted by Gasteiger charge is -2.59. The van der Waals surface area contributed by atoms with Crippen LogP contribution in [0.25, 0.3) is 0 Å². The highest BCUT2D eigenvalue weighted by atomic mass is 16.6. The molecule has 1 amide bonds. The van der Waals surface area contributed by atoms with Crippen LogP contribution in [0.1, 0.15) is 105 Å². The first kappa shape index (κ1) is 25.2. The lowest BCUT2D eigenvalue weighted by atomic mass is 9.46. The van der Waals surface area contributed by atoms with E-state index >= 15 is 0 Å². The summed E-state index contributed by atoms with van der Waals surface area (Å²) in [6.45, 7) is 13.4. The molecule has 0 aromatic heterocycles. The molecule has 0 radical (unpaired) electrons. The molecule has 208 valence electrons. The molecule has 5 unspecified atom stereocenters. The Balaban J connectivity index is 1.10. The highest BCUT2D eigenvalue weighted by Gasteiger charge is 2.80. The van der Waals surface area contributed by atoms with Crippen LogP contribution in [0.5, 0.6) is 0 Å². The zero-order valence-electron chi connectivity index (χ0n) is 24.0. The van der Waals surface area contributed by atoms with Crippen molar-refractivity contribution in [2.24, 2.45) is 51.2 Å². The SMILES string of the molecule is CC(C)[C@@H](OC(=O)N1CCC1)C1CCC2C(CC3C4CC[C@H]5C(C)(C)[C@@H](O)CC[C@@]56C[C@@]46CC[C@]23C)O1. The maximum absolute atomic E-state index is 12.7. The number of rotatable bonds is 3. The number of carbonyl (C=O) groups is 1. The van der Waals surface area contributed by atoms with E-state index in [0.29, 0.717) is 34.2 Å². The first-order valence-corrected chi connectivity index (χ1v) is 15.8. The van der Waals surface area contributed by atoms with Crippen molar-refractivity contribution in [2.45, 2.75) is 130 Å². The smallest absolute Gasteiger partial charge is 0.410 e. The quantitative estimate of drug-likeness (QED) is 0.473. The summed E-state index contributed by atoms with van der Waals surface area (Å²) in [5, 5.41) is 10.9. The van der Waals surface area contributed by atoms with E-state index < -0.39 is 0 Å². The number of carbonyl (C=O) groups excluding carboxylic acids is 1. The Morgan fingerprint density at radius 2 is 1.70 bits per heavy atom. The molecule has 5 nitrogen and oxygen atoms in total. The van der Waals surface area contributed by atoms with Gasteiger partial charge in [-0.3, -0.25) is 0 Å². The molecule has 5 saturated carbocycles. The summed E-state index contributed by atoms with van der Waals surface area (Å²) in [4.78, 5) is 14.5. The van der Waals surface area contributed by atoms with Gasteiger partial charge in [0.25, 0.3) is 0 Å². The van der Waals surface area contributed by atoms with Crippen LogP contribution < -0.4 is 0 Å². The van der Waals surface area contributed by atoms with E-state index in [1.165, 1.54) is 51.4 Å². The minimum absolute atomic E-state index is 0.0350. The summed E-state index contributed by atoms with van der Waals surface area (Å²) in [5.41, 5.74) is 1.50. The van der Waals surface area contributed by atoms with E-state index in [1.807, 2.05) is 4.90 Å². The fraction of sp³-hybridized carbons (Fsp3) is 0.969. The molecule has 2 spiro atoms. The van der Waals surface area contributed by atoms with E-state index in [2.05, 4.69) is 34.6 Å². The minimum atomic E-state index is -0.145. The molecule has 37 heavy (non-hydrogen) atoms. The van der Waals surface area contributed by atoms with Gasteiger partial charge in [0, 0.05) is 13.1 Å². The van der Waals surface area contributed by atoms with Crippen molar-refractivity contribution in [3.05, 3.63) is 0 Å². The monoisotopic (exact) mass is 513 g/mol. The van der Waals surface area contributed by atoms with Crippen LogP contribution in [0.2, 0.25) is 0 Å². The lowest BCUT2D eigenvalue weighted by Crippen LogP contribution is -2.54. The first-order chi connectivity index (χ1) is 17.5. The van der Waals surface area contributed by atoms with Gasteiger partial charge in [0.15, 0.2) is 0 Å². The molecule has 5 aliphatic carbocycles. The number of hydrogen-bond acceptors (Lipinski definition) is 4. The number of fused-ring (bicyclic) bond motifs is 4. The number of nitrogens with zero attached hydrogens (tertiary/aromatic N) is 1. The van der Waals surface area contributed by atoms with Crippen LogP contribution in [-0.2, 0) is 9.47 Å². The van der Waals surface area contributed by atoms with E-state index in [-0.39, 0.29) is 35.7 Å². The molecule has 1 N–H and O–H groups in total. The molecular formula is C32H51NO4. The van der Waals surface area contributed by atoms with Crippen LogP contribution in [0.4, 0.5) is 4.79 Å². The summed E-state index contributed by atoms with van der Waals surface area (Å²) in [6, 6.07) is 0. The van der Waals surface area contributed by atoms with Crippen LogP contribution in [0, 0.1) is 51.2 Å². The van der Waals surface area contributed by atoms with Gasteiger partial charge in [-0.1, -0.05) is 34.6 Å². The Kier molecular flexibility index (Phi) is 5.52. The highest BCUT2D eigenvalue weighted by molar-refractivity contribution is 5.68. The largest absolute Gasteiger partial charge is 0.443 e. The number of likely N-dealkylation sites (tertiary alicyclic amines) is 1. The zero-order valence-corrected chi connectivity index (χ0v) is 24.0. The van der Waals surface area contributed by atoms with Gasteiger partial charge >= 0.3 is 6.09 Å². The topological polar surface area (TPSA) is 59.0 Å². The van der Waals surface area contributed by atoms with Crippen LogP contribution >= 0.6 is 0 Å². The third-order valence-electron chi connectivity index (χ3n) is 14.0. The third kappa shape index (κ3) is 3.25. The van der Waals surface area contributed by atoms with E-state index in [1.54, 1.807) is 0 Å². The summed E-state index contributed by atoms with van der Waals surface area (Å²) in [5.74, 6) is 3.22. The summed E-state index contributed by atoms with van der Waals surface area (Å²) in [7, 11) is 0. The fourth-order valence-corrected chi connectivity index (χ4v) is 11.8. The molecule has 7 aliphatic rings. The van der Waals surface area contributed by atoms with Crippen molar-refractivity contribution in [3.8, 4) is 0 Å². The summed E-state index contributed by atoms with van der Waals surface area (Å²) >= 11 is 0. The standard InChI is InChI=1S/C32H51NO4/c1-19(2)27(37-28(35)33-15-6-16-33)23-9-7-21-24(36-23)17-22-20-8-10-25-29(3,4)26(34)11-12-32(25)18-31(20,32)14-13-30(21,22)5/h19-27,34H,6-18H2,1-5H3/t20?,21?,22?,23?,24?,25-,26-,27+,30+,31-,32+/m0/s1. The average molecular weight is 514 g/mol. The van der Waals surface area contributed by atoms with E-state index in [4.69, 9.17) is 9.47 Å². The molecule has 7 rings (SSSR count). The van der Waals surface area contributed by atoms with Gasteiger partial charge in [0.05, 0.1) is 18.3 Å². The van der Waals surface area contributed by atoms with Crippen LogP contribution in [-0.4, -0.2) is 53.6 Å². The van der Waals surface area contributed by atoms with Crippen LogP contribution in [0.3, 0.4) is 0 Å². The molecule has 7 fully saturated rings. The summed E-state index contributed by atoms with van der Waals surface area (Å²) < 4.78 is 13.1. The Hall–Kier alpha value is -0.810. The van der Waals surface area contributed by atoms with Gasteiger partial charge < -0.3 is 19.5 Å². The second-order valence-corrected chi connectivity index (χ2v) is 15.8. The minimum Gasteiger partial charge on any atom is -0.443 e. The Morgan fingerprint density at radius 3 is 2.41 bits per heavy atom. The predicted molar refractivity (Wildman–Crippen MR) is 143 cm³/mol. The number of aliphatic hydroxyl groups is 1. The lowest BCUT2D eigenvalue weighted by molar-refractivity contribution is -0.150. The normalized spacial score (nSPS) is 52.1.